The molecule has 0 amide bonds. The Labute approximate surface area is 180 Å². The van der Waals surface area contributed by atoms with E-state index in [1.807, 2.05) is 0 Å². The third-order valence-corrected chi connectivity index (χ3v) is 6.42. The van der Waals surface area contributed by atoms with Crippen molar-refractivity contribution < 1.29 is 19.4 Å². The minimum Gasteiger partial charge on any atom is -0.396 e. The molecule has 1 fully saturated rings. The number of unbranched alkanes of at least 4 members (excludes halogenated alkanes) is 12. The van der Waals surface area contributed by atoms with Crippen LogP contribution in [0.5, 0.6) is 0 Å². The summed E-state index contributed by atoms with van der Waals surface area (Å²) in [5, 5.41) is 8.66. The highest BCUT2D eigenvalue weighted by molar-refractivity contribution is 8.77. The average molecular weight is 433 g/mol. The molecule has 1 N–H and O–H groups in total. The van der Waals surface area contributed by atoms with Gasteiger partial charge in [0, 0.05) is 6.61 Å². The minimum absolute atomic E-state index is 0.274. The number of cyclic esters (lactones) is 2. The third-order valence-electron chi connectivity index (χ3n) is 4.33. The average Bonchev–Trinajstić information content (AvgIpc) is 2.88. The zero-order valence-corrected chi connectivity index (χ0v) is 19.3. The highest BCUT2D eigenvalue weighted by atomic mass is 33.1. The lowest BCUT2D eigenvalue weighted by atomic mass is 10.1. The predicted molar refractivity (Wildman–Crippen MR) is 123 cm³/mol. The second-order valence-corrected chi connectivity index (χ2v) is 9.49. The first-order valence-corrected chi connectivity index (χ1v) is 13.4. The number of ether oxygens (including phenoxy) is 1. The van der Waals surface area contributed by atoms with Crippen LogP contribution in [-0.4, -0.2) is 35.2 Å². The van der Waals surface area contributed by atoms with Crippen molar-refractivity contribution in [3.8, 4) is 0 Å². The molecule has 4 nitrogen and oxygen atoms in total. The first-order valence-electron chi connectivity index (χ1n) is 10.9. The fraction of sp³-hybridized carbons (Fsp3) is 0.818. The van der Waals surface area contributed by atoms with Gasteiger partial charge in [0.2, 0.25) is 0 Å². The van der Waals surface area contributed by atoms with Gasteiger partial charge in [0.15, 0.2) is 0 Å². The van der Waals surface area contributed by atoms with Crippen molar-refractivity contribution in [1.29, 1.82) is 0 Å². The Morgan fingerprint density at radius 1 is 0.750 bits per heavy atom. The monoisotopic (exact) mass is 432 g/mol. The van der Waals surface area contributed by atoms with E-state index in [0.717, 1.165) is 6.42 Å². The summed E-state index contributed by atoms with van der Waals surface area (Å²) in [5.41, 5.74) is 0. The molecule has 1 heterocycles. The fourth-order valence-electron chi connectivity index (χ4n) is 2.72. The fourth-order valence-corrected chi connectivity index (χ4v) is 4.28. The SMILES string of the molecule is CCCCCCCC/C=C\CCCCCCCCO.O=C1CSSCC(=O)O1. The van der Waals surface area contributed by atoms with Gasteiger partial charge in [-0.15, -0.1) is 0 Å². The van der Waals surface area contributed by atoms with E-state index in [1.165, 1.54) is 105 Å². The summed E-state index contributed by atoms with van der Waals surface area (Å²) >= 11 is 0. The molecule has 1 aliphatic rings. The molecule has 164 valence electrons. The quantitative estimate of drug-likeness (QED) is 0.105. The van der Waals surface area contributed by atoms with Gasteiger partial charge >= 0.3 is 11.9 Å². The van der Waals surface area contributed by atoms with Crippen LogP contribution in [0.2, 0.25) is 0 Å². The molecule has 28 heavy (non-hydrogen) atoms. The van der Waals surface area contributed by atoms with E-state index in [1.54, 1.807) is 0 Å². The van der Waals surface area contributed by atoms with E-state index in [4.69, 9.17) is 5.11 Å². The van der Waals surface area contributed by atoms with E-state index in [9.17, 15) is 9.59 Å². The number of hydrogen-bond donors (Lipinski definition) is 1. The van der Waals surface area contributed by atoms with Gasteiger partial charge in [-0.25, -0.2) is 0 Å². The lowest BCUT2D eigenvalue weighted by Gasteiger charge is -1.99. The number of allylic oxidation sites excluding steroid dienone is 2. The third kappa shape index (κ3) is 21.8. The number of carbonyl (C=O) groups excluding carboxylic acids is 2. The lowest BCUT2D eigenvalue weighted by Crippen LogP contribution is -2.12. The van der Waals surface area contributed by atoms with Gasteiger partial charge in [-0.2, -0.15) is 0 Å². The predicted octanol–water partition coefficient (Wildman–Crippen LogP) is 6.47. The van der Waals surface area contributed by atoms with E-state index in [2.05, 4.69) is 23.8 Å². The summed E-state index contributed by atoms with van der Waals surface area (Å²) in [7, 11) is 2.70. The van der Waals surface area contributed by atoms with Crippen LogP contribution in [0.15, 0.2) is 12.2 Å². The van der Waals surface area contributed by atoms with Crippen LogP contribution in [0, 0.1) is 0 Å². The summed E-state index contributed by atoms with van der Waals surface area (Å²) in [5.74, 6) is -0.322. The van der Waals surface area contributed by atoms with Crippen LogP contribution in [0.1, 0.15) is 96.8 Å². The van der Waals surface area contributed by atoms with Crippen LogP contribution >= 0.6 is 21.6 Å². The van der Waals surface area contributed by atoms with Crippen LogP contribution in [-0.2, 0) is 14.3 Å². The van der Waals surface area contributed by atoms with Gasteiger partial charge < -0.3 is 9.84 Å². The summed E-state index contributed by atoms with van der Waals surface area (Å²) in [6.07, 6.45) is 23.2. The van der Waals surface area contributed by atoms with Gasteiger partial charge in [0.05, 0.1) is 0 Å². The maximum atomic E-state index is 10.4. The zero-order chi connectivity index (χ0) is 20.7. The first kappa shape index (κ1) is 27.5. The summed E-state index contributed by atoms with van der Waals surface area (Å²) < 4.78 is 4.29. The Kier molecular flexibility index (Phi) is 22.5. The molecule has 0 atom stereocenters. The number of aliphatic hydroxyl groups is 1. The van der Waals surface area contributed by atoms with Gasteiger partial charge in [-0.05, 0) is 32.1 Å². The molecule has 1 rings (SSSR count). The van der Waals surface area contributed by atoms with Gasteiger partial charge in [-0.3, -0.25) is 9.59 Å². The Morgan fingerprint density at radius 3 is 1.64 bits per heavy atom. The zero-order valence-electron chi connectivity index (χ0n) is 17.7. The van der Waals surface area contributed by atoms with E-state index in [0.29, 0.717) is 6.61 Å². The van der Waals surface area contributed by atoms with Crippen molar-refractivity contribution in [2.24, 2.45) is 0 Å². The topological polar surface area (TPSA) is 63.6 Å². The van der Waals surface area contributed by atoms with E-state index < -0.39 is 11.9 Å². The number of aliphatic hydroxyl groups excluding tert-OH is 1. The first-order chi connectivity index (χ1) is 13.7. The maximum absolute atomic E-state index is 10.4. The van der Waals surface area contributed by atoms with E-state index >= 15 is 0 Å². The molecule has 1 saturated heterocycles. The summed E-state index contributed by atoms with van der Waals surface area (Å²) in [6, 6.07) is 0. The van der Waals surface area contributed by atoms with Crippen molar-refractivity contribution in [2.75, 3.05) is 18.1 Å². The Morgan fingerprint density at radius 2 is 1.18 bits per heavy atom. The van der Waals surface area contributed by atoms with Gasteiger partial charge in [0.1, 0.15) is 11.5 Å². The van der Waals surface area contributed by atoms with Crippen molar-refractivity contribution in [3.05, 3.63) is 12.2 Å². The summed E-state index contributed by atoms with van der Waals surface area (Å²) in [4.78, 5) is 20.8. The molecule has 0 aromatic heterocycles. The molecule has 0 aromatic carbocycles. The Hall–Kier alpha value is -0.460. The molecule has 0 aromatic rings. The summed E-state index contributed by atoms with van der Waals surface area (Å²) in [6.45, 7) is 2.64. The number of esters is 2. The second-order valence-electron chi connectivity index (χ2n) is 7.03. The van der Waals surface area contributed by atoms with Crippen molar-refractivity contribution >= 4 is 33.5 Å². The molecule has 0 spiro atoms. The molecule has 0 aliphatic carbocycles. The molecule has 0 radical (unpaired) electrons. The second kappa shape index (κ2) is 22.8. The highest BCUT2D eigenvalue weighted by Gasteiger charge is 2.15. The van der Waals surface area contributed by atoms with Gasteiger partial charge in [0.25, 0.3) is 0 Å². The maximum Gasteiger partial charge on any atom is 0.324 e. The Bertz CT molecular complexity index is 384. The van der Waals surface area contributed by atoms with Crippen LogP contribution in [0.25, 0.3) is 0 Å². The smallest absolute Gasteiger partial charge is 0.324 e. The van der Waals surface area contributed by atoms with Crippen molar-refractivity contribution in [3.63, 3.8) is 0 Å². The number of carbonyl (C=O) groups is 2. The number of rotatable bonds is 15. The lowest BCUT2D eigenvalue weighted by molar-refractivity contribution is -0.155. The standard InChI is InChI=1S/C18H36O.C4H4O3S2/c1-2-3-4-5-6-7-8-9-10-11-12-13-14-15-16-17-18-19;5-3-1-8-9-2-4(6)7-3/h9-10,19H,2-8,11-18H2,1H3;1-2H2/b10-9-;. The molecule has 0 bridgehead atoms. The highest BCUT2D eigenvalue weighted by Crippen LogP contribution is 2.23. The van der Waals surface area contributed by atoms with Gasteiger partial charge in [-0.1, -0.05) is 98.5 Å². The molecule has 0 saturated carbocycles. The van der Waals surface area contributed by atoms with Crippen LogP contribution in [0.4, 0.5) is 0 Å². The molecular formula is C22H40O4S2. The minimum atomic E-state index is -0.435. The molecule has 1 aliphatic heterocycles. The Balaban J connectivity index is 0.000000668. The molecule has 0 unspecified atom stereocenters. The van der Waals surface area contributed by atoms with Crippen LogP contribution < -0.4 is 0 Å². The molecule has 6 heteroatoms. The van der Waals surface area contributed by atoms with Crippen molar-refractivity contribution in [1.82, 2.24) is 0 Å². The van der Waals surface area contributed by atoms with Crippen molar-refractivity contribution in [2.45, 2.75) is 96.8 Å². The van der Waals surface area contributed by atoms with E-state index in [-0.39, 0.29) is 11.5 Å². The number of hydrogen-bond acceptors (Lipinski definition) is 6. The largest absolute Gasteiger partial charge is 0.396 e. The normalized spacial score (nSPS) is 14.5. The molecular weight excluding hydrogens is 392 g/mol. The van der Waals surface area contributed by atoms with Crippen LogP contribution in [0.3, 0.4) is 0 Å².